The molecule has 0 fully saturated rings. The van der Waals surface area contributed by atoms with E-state index in [1.807, 2.05) is 12.1 Å². The highest BCUT2D eigenvalue weighted by Gasteiger charge is 2.22. The molecule has 0 radical (unpaired) electrons. The van der Waals surface area contributed by atoms with E-state index in [9.17, 15) is 5.11 Å². The van der Waals surface area contributed by atoms with Gasteiger partial charge in [-0.2, -0.15) is 0 Å². The van der Waals surface area contributed by atoms with E-state index in [-0.39, 0.29) is 0 Å². The minimum Gasteiger partial charge on any atom is -0.508 e. The zero-order chi connectivity index (χ0) is 13.0. The molecule has 2 N–H and O–H groups in total. The minimum absolute atomic E-state index is 0.394. The number of nitrogens with one attached hydrogen (secondary N) is 1. The molecule has 18 heavy (non-hydrogen) atoms. The third-order valence-corrected chi connectivity index (χ3v) is 4.01. The molecular formula is C16H25NO. The van der Waals surface area contributed by atoms with Crippen LogP contribution in [0.5, 0.6) is 5.75 Å². The number of benzene rings is 1. The topological polar surface area (TPSA) is 32.3 Å². The zero-order valence-electron chi connectivity index (χ0n) is 11.6. The number of fused-ring (bicyclic) bond motifs is 1. The predicted octanol–water partition coefficient (Wildman–Crippen LogP) is 3.94. The number of hydrogen-bond donors (Lipinski definition) is 2. The second kappa shape index (κ2) is 6.24. The molecule has 0 saturated carbocycles. The van der Waals surface area contributed by atoms with E-state index >= 15 is 0 Å². The summed E-state index contributed by atoms with van der Waals surface area (Å²) in [5.41, 5.74) is 2.72. The maximum Gasteiger partial charge on any atom is 0.115 e. The third kappa shape index (κ3) is 3.05. The molecule has 0 aliphatic heterocycles. The summed E-state index contributed by atoms with van der Waals surface area (Å²) in [5.74, 6) is 0.394. The van der Waals surface area contributed by atoms with Crippen molar-refractivity contribution in [1.82, 2.24) is 5.32 Å². The fourth-order valence-electron chi connectivity index (χ4n) is 3.00. The summed E-state index contributed by atoms with van der Waals surface area (Å²) in [6.07, 6.45) is 7.23. The smallest absolute Gasteiger partial charge is 0.115 e. The van der Waals surface area contributed by atoms with Gasteiger partial charge >= 0.3 is 0 Å². The lowest BCUT2D eigenvalue weighted by Gasteiger charge is -2.30. The zero-order valence-corrected chi connectivity index (χ0v) is 11.6. The largest absolute Gasteiger partial charge is 0.508 e. The molecule has 1 aliphatic rings. The fourth-order valence-corrected chi connectivity index (χ4v) is 3.00. The number of phenolic OH excluding ortho intramolecular Hbond substituents is 1. The van der Waals surface area contributed by atoms with Crippen molar-refractivity contribution < 1.29 is 5.11 Å². The lowest BCUT2D eigenvalue weighted by Crippen LogP contribution is -2.34. The molecule has 2 atom stereocenters. The molecule has 0 bridgehead atoms. The molecule has 1 aromatic rings. The van der Waals surface area contributed by atoms with Crippen molar-refractivity contribution in [1.29, 1.82) is 0 Å². The molecular weight excluding hydrogens is 222 g/mol. The van der Waals surface area contributed by atoms with Gasteiger partial charge in [0.2, 0.25) is 0 Å². The Balaban J connectivity index is 2.13. The van der Waals surface area contributed by atoms with Gasteiger partial charge in [-0.05, 0) is 55.4 Å². The van der Waals surface area contributed by atoms with Crippen LogP contribution in [0.25, 0.3) is 0 Å². The summed E-state index contributed by atoms with van der Waals surface area (Å²) in [6, 6.07) is 6.87. The van der Waals surface area contributed by atoms with E-state index < -0.39 is 0 Å². The highest BCUT2D eigenvalue weighted by molar-refractivity contribution is 5.38. The van der Waals surface area contributed by atoms with Crippen LogP contribution in [0.1, 0.15) is 63.1 Å². The van der Waals surface area contributed by atoms with E-state index in [0.717, 1.165) is 6.42 Å². The second-order valence-corrected chi connectivity index (χ2v) is 5.39. The maximum atomic E-state index is 9.67. The summed E-state index contributed by atoms with van der Waals surface area (Å²) in [7, 11) is 0. The van der Waals surface area contributed by atoms with Gasteiger partial charge < -0.3 is 10.4 Å². The van der Waals surface area contributed by atoms with Gasteiger partial charge in [-0.25, -0.2) is 0 Å². The van der Waals surface area contributed by atoms with Crippen LogP contribution in [0.4, 0.5) is 0 Å². The molecule has 100 valence electrons. The Bertz CT molecular complexity index is 389. The average Bonchev–Trinajstić information content (AvgIpc) is 2.38. The van der Waals surface area contributed by atoms with Crippen molar-refractivity contribution >= 4 is 0 Å². The third-order valence-electron chi connectivity index (χ3n) is 4.01. The lowest BCUT2D eigenvalue weighted by molar-refractivity contribution is 0.368. The van der Waals surface area contributed by atoms with E-state index in [2.05, 4.69) is 25.2 Å². The first-order valence-electron chi connectivity index (χ1n) is 7.32. The first kappa shape index (κ1) is 13.4. The molecule has 2 unspecified atom stereocenters. The number of aryl methyl sites for hydroxylation is 1. The van der Waals surface area contributed by atoms with Gasteiger partial charge in [-0.15, -0.1) is 0 Å². The summed E-state index contributed by atoms with van der Waals surface area (Å²) >= 11 is 0. The molecule has 0 heterocycles. The van der Waals surface area contributed by atoms with Crippen molar-refractivity contribution in [3.63, 3.8) is 0 Å². The highest BCUT2D eigenvalue weighted by Crippen LogP contribution is 2.32. The van der Waals surface area contributed by atoms with Crippen LogP contribution in [-0.4, -0.2) is 11.1 Å². The SMILES string of the molecule is CCCC(CC)NC1CCCc2ccc(O)cc21. The van der Waals surface area contributed by atoms with E-state index in [1.54, 1.807) is 0 Å². The van der Waals surface area contributed by atoms with Gasteiger partial charge in [0.1, 0.15) is 5.75 Å². The molecule has 0 aromatic heterocycles. The van der Waals surface area contributed by atoms with Gasteiger partial charge in [-0.1, -0.05) is 26.3 Å². The summed E-state index contributed by atoms with van der Waals surface area (Å²) in [6.45, 7) is 4.49. The van der Waals surface area contributed by atoms with Crippen LogP contribution in [0.2, 0.25) is 0 Å². The number of rotatable bonds is 5. The Labute approximate surface area is 110 Å². The Morgan fingerprint density at radius 1 is 1.39 bits per heavy atom. The standard InChI is InChI=1S/C16H25NO/c1-3-6-13(4-2)17-16-8-5-7-12-9-10-14(18)11-15(12)16/h9-11,13,16-18H,3-8H2,1-2H3. The van der Waals surface area contributed by atoms with Crippen LogP contribution in [-0.2, 0) is 6.42 Å². The van der Waals surface area contributed by atoms with Gasteiger partial charge in [0.25, 0.3) is 0 Å². The van der Waals surface area contributed by atoms with Gasteiger partial charge in [-0.3, -0.25) is 0 Å². The first-order valence-corrected chi connectivity index (χ1v) is 7.32. The summed E-state index contributed by atoms with van der Waals surface area (Å²) < 4.78 is 0. The van der Waals surface area contributed by atoms with Gasteiger partial charge in [0.05, 0.1) is 0 Å². The van der Waals surface area contributed by atoms with Gasteiger partial charge in [0, 0.05) is 12.1 Å². The molecule has 1 aliphatic carbocycles. The van der Waals surface area contributed by atoms with Crippen LogP contribution >= 0.6 is 0 Å². The van der Waals surface area contributed by atoms with Crippen LogP contribution in [0, 0.1) is 0 Å². The van der Waals surface area contributed by atoms with Gasteiger partial charge in [0.15, 0.2) is 0 Å². The van der Waals surface area contributed by atoms with Crippen molar-refractivity contribution in [2.24, 2.45) is 0 Å². The second-order valence-electron chi connectivity index (χ2n) is 5.39. The molecule has 2 rings (SSSR count). The molecule has 2 heteroatoms. The molecule has 0 amide bonds. The minimum atomic E-state index is 0.394. The number of hydrogen-bond acceptors (Lipinski definition) is 2. The van der Waals surface area contributed by atoms with Crippen LogP contribution < -0.4 is 5.32 Å². The maximum absolute atomic E-state index is 9.67. The first-order chi connectivity index (χ1) is 8.74. The quantitative estimate of drug-likeness (QED) is 0.826. The Hall–Kier alpha value is -1.02. The molecule has 2 nitrogen and oxygen atoms in total. The molecule has 0 spiro atoms. The lowest BCUT2D eigenvalue weighted by atomic mass is 9.87. The predicted molar refractivity (Wildman–Crippen MR) is 75.9 cm³/mol. The normalized spacial score (nSPS) is 20.4. The van der Waals surface area contributed by atoms with E-state index in [4.69, 9.17) is 0 Å². The fraction of sp³-hybridized carbons (Fsp3) is 0.625. The average molecular weight is 247 g/mol. The molecule has 1 aromatic carbocycles. The van der Waals surface area contributed by atoms with E-state index in [0.29, 0.717) is 17.8 Å². The van der Waals surface area contributed by atoms with Crippen molar-refractivity contribution in [3.8, 4) is 5.75 Å². The number of aromatic hydroxyl groups is 1. The van der Waals surface area contributed by atoms with Crippen molar-refractivity contribution in [2.45, 2.75) is 64.5 Å². The van der Waals surface area contributed by atoms with E-state index in [1.165, 1.54) is 43.2 Å². The highest BCUT2D eigenvalue weighted by atomic mass is 16.3. The Kier molecular flexibility index (Phi) is 4.65. The van der Waals surface area contributed by atoms with Crippen LogP contribution in [0.3, 0.4) is 0 Å². The number of phenols is 1. The van der Waals surface area contributed by atoms with Crippen LogP contribution in [0.15, 0.2) is 18.2 Å². The Morgan fingerprint density at radius 3 is 2.94 bits per heavy atom. The van der Waals surface area contributed by atoms with Crippen molar-refractivity contribution in [2.75, 3.05) is 0 Å². The summed E-state index contributed by atoms with van der Waals surface area (Å²) in [4.78, 5) is 0. The Morgan fingerprint density at radius 2 is 2.22 bits per heavy atom. The van der Waals surface area contributed by atoms with Crippen molar-refractivity contribution in [3.05, 3.63) is 29.3 Å². The monoisotopic (exact) mass is 247 g/mol. The molecule has 0 saturated heterocycles. The summed E-state index contributed by atoms with van der Waals surface area (Å²) in [5, 5.41) is 13.5.